The fraction of sp³-hybridized carbons (Fsp3) is 0.333. The molecule has 4 heterocycles. The van der Waals surface area contributed by atoms with Crippen LogP contribution in [0.2, 0.25) is 0 Å². The minimum absolute atomic E-state index is 0.158. The molecule has 0 fully saturated rings. The molecule has 3 aromatic heterocycles. The van der Waals surface area contributed by atoms with E-state index in [2.05, 4.69) is 41.3 Å². The van der Waals surface area contributed by atoms with Crippen LogP contribution in [-0.4, -0.2) is 43.5 Å². The minimum atomic E-state index is -0.158. The Hall–Kier alpha value is -3.42. The predicted octanol–water partition coefficient (Wildman–Crippen LogP) is 3.70. The smallest absolute Gasteiger partial charge is 0.211 e. The lowest BCUT2D eigenvalue weighted by atomic mass is 10.2. The van der Waals surface area contributed by atoms with Crippen LogP contribution in [0.3, 0.4) is 0 Å². The van der Waals surface area contributed by atoms with Crippen LogP contribution in [-0.2, 0) is 4.74 Å². The first-order chi connectivity index (χ1) is 14.1. The summed E-state index contributed by atoms with van der Waals surface area (Å²) in [6.45, 7) is 6.59. The fourth-order valence-corrected chi connectivity index (χ4v) is 3.04. The second kappa shape index (κ2) is 8.30. The van der Waals surface area contributed by atoms with E-state index in [9.17, 15) is 0 Å². The Kier molecular flexibility index (Phi) is 5.41. The number of pyridine rings is 1. The Bertz CT molecular complexity index is 1080. The Morgan fingerprint density at radius 2 is 1.86 bits per heavy atom. The summed E-state index contributed by atoms with van der Waals surface area (Å²) in [5.74, 6) is 1.93. The lowest BCUT2D eigenvalue weighted by Crippen LogP contribution is -2.30. The topological polar surface area (TPSA) is 98.1 Å². The van der Waals surface area contributed by atoms with Gasteiger partial charge in [-0.2, -0.15) is 0 Å². The molecule has 1 aliphatic rings. The SMILES string of the molecule is CC1=CCCCOC([C@@H](C)Nc2ncnc3ncc(-c4ncc(C)cn4)cc23)=N1. The second-order valence-electron chi connectivity index (χ2n) is 7.05. The molecular formula is C21H23N7O. The first-order valence-electron chi connectivity index (χ1n) is 9.64. The number of rotatable bonds is 4. The van der Waals surface area contributed by atoms with Crippen LogP contribution in [0.4, 0.5) is 5.82 Å². The van der Waals surface area contributed by atoms with Gasteiger partial charge in [-0.15, -0.1) is 0 Å². The zero-order valence-electron chi connectivity index (χ0n) is 16.8. The van der Waals surface area contributed by atoms with Crippen molar-refractivity contribution in [1.82, 2.24) is 24.9 Å². The van der Waals surface area contributed by atoms with E-state index in [0.717, 1.165) is 35.1 Å². The van der Waals surface area contributed by atoms with Crippen LogP contribution in [0.15, 0.2) is 47.7 Å². The summed E-state index contributed by atoms with van der Waals surface area (Å²) in [5, 5.41) is 4.19. The van der Waals surface area contributed by atoms with Gasteiger partial charge in [-0.25, -0.2) is 29.9 Å². The number of fused-ring (bicyclic) bond motifs is 1. The lowest BCUT2D eigenvalue weighted by molar-refractivity contribution is 0.286. The van der Waals surface area contributed by atoms with Crippen LogP contribution in [0, 0.1) is 6.92 Å². The Labute approximate surface area is 169 Å². The van der Waals surface area contributed by atoms with Gasteiger partial charge in [0.15, 0.2) is 11.5 Å². The van der Waals surface area contributed by atoms with E-state index >= 15 is 0 Å². The highest BCUT2D eigenvalue weighted by molar-refractivity contribution is 5.92. The average molecular weight is 389 g/mol. The Morgan fingerprint density at radius 3 is 2.69 bits per heavy atom. The standard InChI is InChI=1S/C21H23N7O/c1-13-9-22-18(23-10-13)16-8-17-19(24-11-16)25-12-26-20(17)28-15(3)21-27-14(2)6-4-5-7-29-21/h6,8-12,15H,4-5,7H2,1-3H3,(H,24,25,26,28)/t15-/m1/s1. The van der Waals surface area contributed by atoms with E-state index in [4.69, 9.17) is 4.74 Å². The van der Waals surface area contributed by atoms with E-state index in [1.165, 1.54) is 6.33 Å². The Balaban J connectivity index is 1.67. The molecule has 0 saturated carbocycles. The first-order valence-corrected chi connectivity index (χ1v) is 9.64. The van der Waals surface area contributed by atoms with E-state index in [1.54, 1.807) is 18.6 Å². The summed E-state index contributed by atoms with van der Waals surface area (Å²) in [7, 11) is 0. The number of hydrogen-bond donors (Lipinski definition) is 1. The van der Waals surface area contributed by atoms with Gasteiger partial charge in [0.05, 0.1) is 12.0 Å². The molecule has 4 rings (SSSR count). The van der Waals surface area contributed by atoms with Crippen molar-refractivity contribution in [3.05, 3.63) is 48.3 Å². The van der Waals surface area contributed by atoms with Crippen molar-refractivity contribution in [3.8, 4) is 11.4 Å². The minimum Gasteiger partial charge on any atom is -0.479 e. The van der Waals surface area contributed by atoms with Crippen LogP contribution in [0.25, 0.3) is 22.4 Å². The molecule has 0 amide bonds. The van der Waals surface area contributed by atoms with E-state index < -0.39 is 0 Å². The number of allylic oxidation sites excluding steroid dienone is 2. The van der Waals surface area contributed by atoms with Crippen molar-refractivity contribution in [1.29, 1.82) is 0 Å². The Morgan fingerprint density at radius 1 is 1.03 bits per heavy atom. The summed E-state index contributed by atoms with van der Waals surface area (Å²) in [5.41, 5.74) is 3.37. The quantitative estimate of drug-likeness (QED) is 0.726. The molecule has 3 aromatic rings. The molecule has 1 aliphatic heterocycles. The second-order valence-corrected chi connectivity index (χ2v) is 7.05. The normalized spacial score (nSPS) is 15.6. The van der Waals surface area contributed by atoms with Crippen molar-refractivity contribution in [2.45, 2.75) is 39.7 Å². The van der Waals surface area contributed by atoms with Gasteiger partial charge in [0.1, 0.15) is 18.2 Å². The van der Waals surface area contributed by atoms with Gasteiger partial charge in [-0.3, -0.25) is 0 Å². The number of ether oxygens (including phenoxy) is 1. The molecule has 1 N–H and O–H groups in total. The molecular weight excluding hydrogens is 366 g/mol. The third-order valence-electron chi connectivity index (χ3n) is 4.58. The van der Waals surface area contributed by atoms with Crippen LogP contribution >= 0.6 is 0 Å². The van der Waals surface area contributed by atoms with Gasteiger partial charge in [0, 0.05) is 29.9 Å². The van der Waals surface area contributed by atoms with E-state index in [1.807, 2.05) is 26.8 Å². The largest absolute Gasteiger partial charge is 0.479 e. The first kappa shape index (κ1) is 18.9. The summed E-state index contributed by atoms with van der Waals surface area (Å²) >= 11 is 0. The molecule has 0 aliphatic carbocycles. The maximum Gasteiger partial charge on any atom is 0.211 e. The number of anilines is 1. The van der Waals surface area contributed by atoms with Crippen LogP contribution in [0.1, 0.15) is 32.3 Å². The van der Waals surface area contributed by atoms with Crippen molar-refractivity contribution in [2.24, 2.45) is 4.99 Å². The average Bonchev–Trinajstić information content (AvgIpc) is 2.71. The summed E-state index contributed by atoms with van der Waals surface area (Å²) in [4.78, 5) is 26.5. The maximum absolute atomic E-state index is 5.87. The number of nitrogens with one attached hydrogen (secondary N) is 1. The van der Waals surface area contributed by atoms with Crippen LogP contribution < -0.4 is 5.32 Å². The number of aryl methyl sites for hydroxylation is 1. The maximum atomic E-state index is 5.87. The molecule has 8 nitrogen and oxygen atoms in total. The third-order valence-corrected chi connectivity index (χ3v) is 4.58. The highest BCUT2D eigenvalue weighted by Crippen LogP contribution is 2.24. The van der Waals surface area contributed by atoms with Crippen molar-refractivity contribution >= 4 is 22.7 Å². The number of aromatic nitrogens is 5. The van der Waals surface area contributed by atoms with Gasteiger partial charge in [0.25, 0.3) is 0 Å². The molecule has 0 unspecified atom stereocenters. The van der Waals surface area contributed by atoms with Gasteiger partial charge in [-0.05, 0) is 45.2 Å². The summed E-state index contributed by atoms with van der Waals surface area (Å²) < 4.78 is 5.87. The predicted molar refractivity (Wildman–Crippen MR) is 113 cm³/mol. The van der Waals surface area contributed by atoms with Gasteiger partial charge in [-0.1, -0.05) is 6.08 Å². The van der Waals surface area contributed by atoms with E-state index in [0.29, 0.717) is 29.8 Å². The summed E-state index contributed by atoms with van der Waals surface area (Å²) in [6, 6.07) is 1.79. The van der Waals surface area contributed by atoms with E-state index in [-0.39, 0.29) is 6.04 Å². The number of aliphatic imine (C=N–C) groups is 1. The van der Waals surface area contributed by atoms with Crippen molar-refractivity contribution < 1.29 is 4.74 Å². The number of hydrogen-bond acceptors (Lipinski definition) is 8. The van der Waals surface area contributed by atoms with Gasteiger partial charge >= 0.3 is 0 Å². The molecule has 1 atom stereocenters. The molecule has 0 aromatic carbocycles. The molecule has 0 bridgehead atoms. The van der Waals surface area contributed by atoms with Gasteiger partial charge in [0.2, 0.25) is 5.90 Å². The zero-order chi connectivity index (χ0) is 20.2. The molecule has 0 saturated heterocycles. The molecule has 148 valence electrons. The van der Waals surface area contributed by atoms with Crippen LogP contribution in [0.5, 0.6) is 0 Å². The molecule has 8 heteroatoms. The molecule has 0 spiro atoms. The monoisotopic (exact) mass is 389 g/mol. The van der Waals surface area contributed by atoms with Crippen molar-refractivity contribution in [2.75, 3.05) is 11.9 Å². The molecule has 0 radical (unpaired) electrons. The van der Waals surface area contributed by atoms with Crippen molar-refractivity contribution in [3.63, 3.8) is 0 Å². The molecule has 29 heavy (non-hydrogen) atoms. The lowest BCUT2D eigenvalue weighted by Gasteiger charge is -2.20. The van der Waals surface area contributed by atoms with Gasteiger partial charge < -0.3 is 10.1 Å². The highest BCUT2D eigenvalue weighted by Gasteiger charge is 2.17. The zero-order valence-corrected chi connectivity index (χ0v) is 16.8. The third kappa shape index (κ3) is 4.37. The highest BCUT2D eigenvalue weighted by atomic mass is 16.5. The number of nitrogens with zero attached hydrogens (tertiary/aromatic N) is 6. The fourth-order valence-electron chi connectivity index (χ4n) is 3.04. The summed E-state index contributed by atoms with van der Waals surface area (Å²) in [6.07, 6.45) is 10.9.